The minimum atomic E-state index is -0.223. The molecule has 3 heterocycles. The average Bonchev–Trinajstić information content (AvgIpc) is 2.82. The van der Waals surface area contributed by atoms with Gasteiger partial charge in [-0.15, -0.1) is 0 Å². The summed E-state index contributed by atoms with van der Waals surface area (Å²) >= 11 is 0. The highest BCUT2D eigenvalue weighted by atomic mass is 16.2. The molecule has 0 saturated carbocycles. The number of fused-ring (bicyclic) bond motifs is 2. The summed E-state index contributed by atoms with van der Waals surface area (Å²) in [6.07, 6.45) is 0.619. The Hall–Kier alpha value is -3.74. The number of piperazine rings is 1. The van der Waals surface area contributed by atoms with Crippen LogP contribution in [0.1, 0.15) is 12.1 Å². The minimum absolute atomic E-state index is 0.0560. The number of hydrogen-bond donors (Lipinski definition) is 1. The maximum absolute atomic E-state index is 12.7. The predicted octanol–water partition coefficient (Wildman–Crippen LogP) is 2.75. The van der Waals surface area contributed by atoms with Crippen LogP contribution in [0.2, 0.25) is 0 Å². The largest absolute Gasteiger partial charge is 0.353 e. The summed E-state index contributed by atoms with van der Waals surface area (Å²) in [6, 6.07) is 19.6. The first-order valence-corrected chi connectivity index (χ1v) is 10.5. The number of aromatic nitrogens is 3. The van der Waals surface area contributed by atoms with Gasteiger partial charge in [0.15, 0.2) is 0 Å². The zero-order chi connectivity index (χ0) is 21.2. The quantitative estimate of drug-likeness (QED) is 0.556. The second-order valence-electron chi connectivity index (χ2n) is 7.76. The number of carbonyl (C=O) groups is 1. The van der Waals surface area contributed by atoms with Crippen molar-refractivity contribution in [2.24, 2.45) is 0 Å². The molecule has 0 bridgehead atoms. The lowest BCUT2D eigenvalue weighted by Gasteiger charge is -2.35. The van der Waals surface area contributed by atoms with Gasteiger partial charge in [0.2, 0.25) is 5.91 Å². The third-order valence-corrected chi connectivity index (χ3v) is 5.79. The van der Waals surface area contributed by atoms with E-state index in [1.807, 2.05) is 53.4 Å². The molecule has 0 unspecified atom stereocenters. The molecule has 7 nitrogen and oxygen atoms in total. The van der Waals surface area contributed by atoms with Crippen molar-refractivity contribution in [1.82, 2.24) is 19.9 Å². The van der Waals surface area contributed by atoms with Crippen LogP contribution in [0.5, 0.6) is 0 Å². The average molecular weight is 413 g/mol. The van der Waals surface area contributed by atoms with Gasteiger partial charge in [0.05, 0.1) is 16.6 Å². The molecule has 1 fully saturated rings. The first-order chi connectivity index (χ1) is 15.2. The minimum Gasteiger partial charge on any atom is -0.353 e. The van der Waals surface area contributed by atoms with E-state index < -0.39 is 0 Å². The fourth-order valence-corrected chi connectivity index (χ4v) is 4.04. The van der Waals surface area contributed by atoms with Crippen LogP contribution in [0.15, 0.2) is 65.5 Å². The van der Waals surface area contributed by atoms with Crippen LogP contribution in [-0.4, -0.2) is 51.9 Å². The second-order valence-corrected chi connectivity index (χ2v) is 7.76. The number of para-hydroxylation sites is 3. The van der Waals surface area contributed by atoms with Crippen LogP contribution in [0, 0.1) is 0 Å². The van der Waals surface area contributed by atoms with E-state index >= 15 is 0 Å². The number of amides is 1. The Balaban J connectivity index is 1.20. The Morgan fingerprint density at radius 1 is 0.871 bits per heavy atom. The number of carbonyl (C=O) groups excluding carboxylic acids is 1. The van der Waals surface area contributed by atoms with E-state index in [2.05, 4.69) is 27.0 Å². The Kier molecular flexibility index (Phi) is 5.08. The van der Waals surface area contributed by atoms with Crippen molar-refractivity contribution in [1.29, 1.82) is 0 Å². The van der Waals surface area contributed by atoms with E-state index in [-0.39, 0.29) is 17.9 Å². The van der Waals surface area contributed by atoms with E-state index in [0.717, 1.165) is 35.3 Å². The molecule has 0 spiro atoms. The molecular weight excluding hydrogens is 390 g/mol. The molecule has 0 atom stereocenters. The number of nitrogens with one attached hydrogen (secondary N) is 1. The van der Waals surface area contributed by atoms with Gasteiger partial charge in [-0.05, 0) is 30.3 Å². The van der Waals surface area contributed by atoms with E-state index in [1.165, 1.54) is 0 Å². The summed E-state index contributed by atoms with van der Waals surface area (Å²) in [7, 11) is 0. The van der Waals surface area contributed by atoms with Crippen molar-refractivity contribution in [2.45, 2.75) is 12.8 Å². The molecule has 2 aromatic heterocycles. The SMILES string of the molecule is O=C(CCc1nc2ccccc2[nH]c1=O)N1CCN(c2ccc3ccccc3n2)CC1. The summed E-state index contributed by atoms with van der Waals surface area (Å²) in [5.74, 6) is 0.998. The Morgan fingerprint density at radius 3 is 2.45 bits per heavy atom. The Labute approximate surface area is 179 Å². The number of rotatable bonds is 4. The summed E-state index contributed by atoms with van der Waals surface area (Å²) in [4.78, 5) is 41.1. The van der Waals surface area contributed by atoms with Crippen molar-refractivity contribution in [3.63, 3.8) is 0 Å². The standard InChI is InChI=1S/C24H23N5O2/c30-23(12-10-21-24(31)27-20-8-4-3-7-19(20)25-21)29-15-13-28(14-16-29)22-11-9-17-5-1-2-6-18(17)26-22/h1-9,11H,10,12-16H2,(H,27,31). The smallest absolute Gasteiger partial charge is 0.270 e. The molecule has 0 aliphatic carbocycles. The lowest BCUT2D eigenvalue weighted by Crippen LogP contribution is -2.49. The summed E-state index contributed by atoms with van der Waals surface area (Å²) < 4.78 is 0. The number of pyridine rings is 1. The monoisotopic (exact) mass is 413 g/mol. The lowest BCUT2D eigenvalue weighted by molar-refractivity contribution is -0.131. The molecule has 7 heteroatoms. The molecule has 1 aliphatic rings. The fourth-order valence-electron chi connectivity index (χ4n) is 4.04. The van der Waals surface area contributed by atoms with Gasteiger partial charge in [0, 0.05) is 44.4 Å². The van der Waals surface area contributed by atoms with Crippen molar-refractivity contribution >= 4 is 33.7 Å². The third kappa shape index (κ3) is 3.99. The maximum atomic E-state index is 12.7. The molecule has 1 aliphatic heterocycles. The number of aryl methyl sites for hydroxylation is 1. The highest BCUT2D eigenvalue weighted by Gasteiger charge is 2.22. The Bertz CT molecular complexity index is 1310. The van der Waals surface area contributed by atoms with Gasteiger partial charge in [0.25, 0.3) is 5.56 Å². The number of anilines is 1. The molecule has 1 saturated heterocycles. The molecule has 1 amide bonds. The number of benzene rings is 2. The highest BCUT2D eigenvalue weighted by Crippen LogP contribution is 2.19. The highest BCUT2D eigenvalue weighted by molar-refractivity contribution is 5.80. The molecule has 31 heavy (non-hydrogen) atoms. The zero-order valence-corrected chi connectivity index (χ0v) is 17.1. The first-order valence-electron chi connectivity index (χ1n) is 10.5. The van der Waals surface area contributed by atoms with E-state index in [0.29, 0.717) is 30.7 Å². The first kappa shape index (κ1) is 19.2. The lowest BCUT2D eigenvalue weighted by atomic mass is 10.2. The second kappa shape index (κ2) is 8.18. The summed E-state index contributed by atoms with van der Waals surface area (Å²) in [5, 5.41) is 1.12. The molecule has 0 radical (unpaired) electrons. The summed E-state index contributed by atoms with van der Waals surface area (Å²) in [6.45, 7) is 2.78. The van der Waals surface area contributed by atoms with E-state index in [9.17, 15) is 9.59 Å². The third-order valence-electron chi connectivity index (χ3n) is 5.79. The topological polar surface area (TPSA) is 82.2 Å². The predicted molar refractivity (Wildman–Crippen MR) is 121 cm³/mol. The Morgan fingerprint density at radius 2 is 1.61 bits per heavy atom. The molecule has 5 rings (SSSR count). The summed E-state index contributed by atoms with van der Waals surface area (Å²) in [5.41, 5.74) is 2.61. The van der Waals surface area contributed by atoms with Gasteiger partial charge in [-0.2, -0.15) is 0 Å². The van der Waals surface area contributed by atoms with Crippen LogP contribution in [0.25, 0.3) is 21.9 Å². The number of H-pyrrole nitrogens is 1. The van der Waals surface area contributed by atoms with Gasteiger partial charge in [-0.1, -0.05) is 30.3 Å². The van der Waals surface area contributed by atoms with E-state index in [1.54, 1.807) is 0 Å². The molecule has 4 aromatic rings. The van der Waals surface area contributed by atoms with Gasteiger partial charge < -0.3 is 14.8 Å². The number of hydrogen-bond acceptors (Lipinski definition) is 5. The van der Waals surface area contributed by atoms with Gasteiger partial charge >= 0.3 is 0 Å². The molecular formula is C24H23N5O2. The molecule has 1 N–H and O–H groups in total. The van der Waals surface area contributed by atoms with Crippen molar-refractivity contribution in [3.8, 4) is 0 Å². The molecule has 2 aromatic carbocycles. The van der Waals surface area contributed by atoms with E-state index in [4.69, 9.17) is 4.98 Å². The zero-order valence-electron chi connectivity index (χ0n) is 17.1. The molecule has 156 valence electrons. The van der Waals surface area contributed by atoms with Crippen LogP contribution >= 0.6 is 0 Å². The van der Waals surface area contributed by atoms with Crippen molar-refractivity contribution < 1.29 is 4.79 Å². The maximum Gasteiger partial charge on any atom is 0.270 e. The van der Waals surface area contributed by atoms with Crippen LogP contribution in [-0.2, 0) is 11.2 Å². The van der Waals surface area contributed by atoms with Crippen molar-refractivity contribution in [2.75, 3.05) is 31.1 Å². The number of aromatic amines is 1. The van der Waals surface area contributed by atoms with Crippen LogP contribution < -0.4 is 10.5 Å². The van der Waals surface area contributed by atoms with Crippen molar-refractivity contribution in [3.05, 3.63) is 76.7 Å². The number of nitrogens with zero attached hydrogens (tertiary/aromatic N) is 4. The van der Waals surface area contributed by atoms with Gasteiger partial charge in [0.1, 0.15) is 11.5 Å². The van der Waals surface area contributed by atoms with Crippen LogP contribution in [0.4, 0.5) is 5.82 Å². The normalized spacial score (nSPS) is 14.3. The fraction of sp³-hybridized carbons (Fsp3) is 0.250. The van der Waals surface area contributed by atoms with Crippen LogP contribution in [0.3, 0.4) is 0 Å². The van der Waals surface area contributed by atoms with Gasteiger partial charge in [-0.25, -0.2) is 9.97 Å². The van der Waals surface area contributed by atoms with Gasteiger partial charge in [-0.3, -0.25) is 9.59 Å².